The third-order valence-electron chi connectivity index (χ3n) is 5.49. The number of amides is 2. The van der Waals surface area contributed by atoms with Crippen LogP contribution in [0.5, 0.6) is 0 Å². The molecule has 2 amide bonds. The van der Waals surface area contributed by atoms with E-state index < -0.39 is 11.2 Å². The van der Waals surface area contributed by atoms with E-state index >= 15 is 0 Å². The molecule has 8 nitrogen and oxygen atoms in total. The number of carbonyl (C=O) groups excluding carboxylic acids is 2. The fraction of sp³-hybridized carbons (Fsp3) is 0.533. The molecule has 0 saturated carbocycles. The van der Waals surface area contributed by atoms with E-state index in [1.165, 1.54) is 9.80 Å². The molecule has 0 saturated heterocycles. The summed E-state index contributed by atoms with van der Waals surface area (Å²) in [6.45, 7) is 19.4. The molecule has 2 aromatic carbocycles. The number of ether oxygens (including phenoxy) is 2. The Morgan fingerprint density at radius 3 is 1.16 bits per heavy atom. The van der Waals surface area contributed by atoms with Crippen molar-refractivity contribution < 1.29 is 19.1 Å². The lowest BCUT2D eigenvalue weighted by Gasteiger charge is -2.25. The van der Waals surface area contributed by atoms with Crippen LogP contribution < -0.4 is 21.3 Å². The zero-order valence-electron chi connectivity index (χ0n) is 25.3. The highest BCUT2D eigenvalue weighted by Crippen LogP contribution is 2.28. The second-order valence-corrected chi connectivity index (χ2v) is 12.0. The van der Waals surface area contributed by atoms with Gasteiger partial charge in [-0.3, -0.25) is 9.80 Å². The summed E-state index contributed by atoms with van der Waals surface area (Å²) in [5, 5.41) is 0. The van der Waals surface area contributed by atoms with Gasteiger partial charge in [0.15, 0.2) is 0 Å². The van der Waals surface area contributed by atoms with Crippen LogP contribution in [0, 0.1) is 0 Å². The van der Waals surface area contributed by atoms with Gasteiger partial charge in [0.1, 0.15) is 11.2 Å². The largest absolute Gasteiger partial charge is 0.443 e. The van der Waals surface area contributed by atoms with Crippen LogP contribution in [-0.4, -0.2) is 37.5 Å². The Kier molecular flexibility index (Phi) is 11.1. The van der Waals surface area contributed by atoms with Crippen LogP contribution in [0.15, 0.2) is 36.4 Å². The Morgan fingerprint density at radius 1 is 0.658 bits per heavy atom. The van der Waals surface area contributed by atoms with Crippen molar-refractivity contribution in [3.05, 3.63) is 47.5 Å². The summed E-state index contributed by atoms with van der Waals surface area (Å²) >= 11 is 0. The van der Waals surface area contributed by atoms with Crippen molar-refractivity contribution in [2.75, 3.05) is 35.4 Å². The van der Waals surface area contributed by atoms with Crippen LogP contribution in [0.25, 0.3) is 0 Å². The third kappa shape index (κ3) is 10.1. The minimum Gasteiger partial charge on any atom is -0.443 e. The van der Waals surface area contributed by atoms with E-state index in [1.807, 2.05) is 65.8 Å². The fourth-order valence-electron chi connectivity index (χ4n) is 3.46. The number of carbonyl (C=O) groups is 2. The average molecular weight is 529 g/mol. The molecule has 0 atom stereocenters. The molecular weight excluding hydrogens is 480 g/mol. The number of rotatable bonds is 4. The molecule has 0 heterocycles. The predicted molar refractivity (Wildman–Crippen MR) is 159 cm³/mol. The Hall–Kier alpha value is -3.42. The van der Waals surface area contributed by atoms with E-state index in [0.29, 0.717) is 23.2 Å². The lowest BCUT2D eigenvalue weighted by atomic mass is 10.0. The van der Waals surface area contributed by atoms with Gasteiger partial charge in [-0.05, 0) is 88.8 Å². The highest BCUT2D eigenvalue weighted by molar-refractivity contribution is 5.88. The van der Waals surface area contributed by atoms with Crippen LogP contribution >= 0.6 is 0 Å². The molecule has 0 aliphatic carbocycles. The third-order valence-corrected chi connectivity index (χ3v) is 5.49. The maximum absolute atomic E-state index is 12.0. The minimum absolute atomic E-state index is 0.362. The molecule has 4 N–H and O–H groups in total. The van der Waals surface area contributed by atoms with E-state index in [9.17, 15) is 9.59 Å². The Balaban J connectivity index is 0.000000380. The molecule has 8 heteroatoms. The molecule has 212 valence electrons. The maximum Gasteiger partial charge on any atom is 0.414 e. The quantitative estimate of drug-likeness (QED) is 0.397. The number of anilines is 4. The summed E-state index contributed by atoms with van der Waals surface area (Å²) in [6.07, 6.45) is -0.770. The molecule has 38 heavy (non-hydrogen) atoms. The normalized spacial score (nSPS) is 11.5. The fourth-order valence-corrected chi connectivity index (χ4v) is 3.46. The number of hydrogen-bond acceptors (Lipinski definition) is 6. The highest BCUT2D eigenvalue weighted by atomic mass is 16.6. The van der Waals surface area contributed by atoms with Crippen LogP contribution in [0.1, 0.15) is 92.2 Å². The molecule has 0 fully saturated rings. The van der Waals surface area contributed by atoms with Crippen molar-refractivity contribution in [1.82, 2.24) is 0 Å². The molecule has 0 radical (unpaired) electrons. The monoisotopic (exact) mass is 528 g/mol. The van der Waals surface area contributed by atoms with E-state index in [0.717, 1.165) is 22.5 Å². The van der Waals surface area contributed by atoms with Crippen molar-refractivity contribution in [1.29, 1.82) is 0 Å². The molecule has 0 spiro atoms. The van der Waals surface area contributed by atoms with E-state index in [4.69, 9.17) is 20.9 Å². The van der Waals surface area contributed by atoms with Gasteiger partial charge in [-0.1, -0.05) is 39.8 Å². The van der Waals surface area contributed by atoms with Gasteiger partial charge in [0.25, 0.3) is 0 Å². The van der Waals surface area contributed by atoms with Gasteiger partial charge in [0.2, 0.25) is 0 Å². The van der Waals surface area contributed by atoms with Gasteiger partial charge in [0.05, 0.1) is 0 Å². The zero-order chi connectivity index (χ0) is 29.6. The van der Waals surface area contributed by atoms with Gasteiger partial charge in [0, 0.05) is 36.8 Å². The van der Waals surface area contributed by atoms with Crippen LogP contribution in [0.4, 0.5) is 32.3 Å². The van der Waals surface area contributed by atoms with Gasteiger partial charge in [-0.25, -0.2) is 9.59 Å². The minimum atomic E-state index is -0.505. The van der Waals surface area contributed by atoms with E-state index in [-0.39, 0.29) is 12.2 Å². The van der Waals surface area contributed by atoms with E-state index in [2.05, 4.69) is 27.7 Å². The lowest BCUT2D eigenvalue weighted by Crippen LogP contribution is -2.34. The van der Waals surface area contributed by atoms with Gasteiger partial charge in [-0.2, -0.15) is 0 Å². The molecule has 2 aromatic rings. The Labute approximate surface area is 229 Å². The Morgan fingerprint density at radius 2 is 0.947 bits per heavy atom. The summed E-state index contributed by atoms with van der Waals surface area (Å²) in [4.78, 5) is 26.8. The summed E-state index contributed by atoms with van der Waals surface area (Å²) in [6, 6.07) is 11.3. The second kappa shape index (κ2) is 12.9. The summed E-state index contributed by atoms with van der Waals surface area (Å²) in [5.74, 6) is 0.724. The van der Waals surface area contributed by atoms with Crippen LogP contribution in [0.2, 0.25) is 0 Å². The summed E-state index contributed by atoms with van der Waals surface area (Å²) < 4.78 is 10.6. The first-order valence-electron chi connectivity index (χ1n) is 13.0. The Bertz CT molecular complexity index is 1010. The molecule has 0 aliphatic heterocycles. The first-order chi connectivity index (χ1) is 17.2. The van der Waals surface area contributed by atoms with Crippen molar-refractivity contribution in [3.63, 3.8) is 0 Å². The molecule has 0 aliphatic rings. The number of hydrogen-bond donors (Lipinski definition) is 2. The van der Waals surface area contributed by atoms with Gasteiger partial charge < -0.3 is 20.9 Å². The standard InChI is InChI=1S/2C15H24N2O2/c2*1-10(2)12-8-7-11(9-13(12)16)17(6)14(18)19-15(3,4)5/h2*7-10H,16H2,1-6H3. The average Bonchev–Trinajstić information content (AvgIpc) is 2.75. The first kappa shape index (κ1) is 32.6. The first-order valence-corrected chi connectivity index (χ1v) is 13.0. The van der Waals surface area contributed by atoms with Gasteiger partial charge in [-0.15, -0.1) is 0 Å². The maximum atomic E-state index is 12.0. The van der Waals surface area contributed by atoms with Crippen molar-refractivity contribution >= 4 is 34.9 Å². The number of benzene rings is 2. The molecule has 0 unspecified atom stereocenters. The zero-order valence-corrected chi connectivity index (χ0v) is 25.3. The summed E-state index contributed by atoms with van der Waals surface area (Å²) in [7, 11) is 3.36. The van der Waals surface area contributed by atoms with Crippen molar-refractivity contribution in [2.24, 2.45) is 0 Å². The van der Waals surface area contributed by atoms with Crippen LogP contribution in [-0.2, 0) is 9.47 Å². The predicted octanol–water partition coefficient (Wildman–Crippen LogP) is 7.53. The SMILES string of the molecule is CC(C)c1ccc(N(C)C(=O)OC(C)(C)C)cc1N.CC(C)c1ccc(N(C)C(=O)OC(C)(C)C)cc1N. The summed E-state index contributed by atoms with van der Waals surface area (Å²) in [5.41, 5.74) is 16.0. The smallest absolute Gasteiger partial charge is 0.414 e. The van der Waals surface area contributed by atoms with Crippen molar-refractivity contribution in [2.45, 2.75) is 92.3 Å². The lowest BCUT2D eigenvalue weighted by molar-refractivity contribution is 0.0578. The second-order valence-electron chi connectivity index (χ2n) is 12.0. The molecule has 0 bridgehead atoms. The highest BCUT2D eigenvalue weighted by Gasteiger charge is 2.22. The topological polar surface area (TPSA) is 111 Å². The molecule has 0 aromatic heterocycles. The number of nitrogens with two attached hydrogens (primary N) is 2. The van der Waals surface area contributed by atoms with E-state index in [1.54, 1.807) is 26.2 Å². The number of nitrogens with zero attached hydrogens (tertiary/aromatic N) is 2. The van der Waals surface area contributed by atoms with Crippen LogP contribution in [0.3, 0.4) is 0 Å². The number of nitrogen functional groups attached to an aromatic ring is 2. The van der Waals surface area contributed by atoms with Crippen molar-refractivity contribution in [3.8, 4) is 0 Å². The van der Waals surface area contributed by atoms with Gasteiger partial charge >= 0.3 is 12.2 Å². The molecular formula is C30H48N4O4. The molecule has 2 rings (SSSR count).